The predicted octanol–water partition coefficient (Wildman–Crippen LogP) is 1.69. The molecule has 1 saturated heterocycles. The Kier molecular flexibility index (Phi) is 6.92. The number of rotatable bonds is 6. The fourth-order valence-electron chi connectivity index (χ4n) is 2.57. The molecule has 30 heavy (non-hydrogen) atoms. The lowest BCUT2D eigenvalue weighted by atomic mass is 10.2. The fourth-order valence-corrected chi connectivity index (χ4v) is 3.16. The van der Waals surface area contributed by atoms with Gasteiger partial charge in [-0.2, -0.15) is 39.9 Å². The van der Waals surface area contributed by atoms with E-state index in [1.165, 1.54) is 0 Å². The fraction of sp³-hybridized carbons (Fsp3) is 0.714. The van der Waals surface area contributed by atoms with Crippen LogP contribution in [-0.4, -0.2) is 74.9 Å². The topological polar surface area (TPSA) is 100.0 Å². The third-order valence-electron chi connectivity index (χ3n) is 4.05. The van der Waals surface area contributed by atoms with Gasteiger partial charge in [0.1, 0.15) is 5.69 Å². The van der Waals surface area contributed by atoms with Gasteiger partial charge >= 0.3 is 27.8 Å². The molecule has 0 amide bonds. The van der Waals surface area contributed by atoms with E-state index in [0.29, 0.717) is 4.68 Å². The normalized spacial score (nSPS) is 19.6. The number of anilines is 1. The molecule has 2 heterocycles. The quantitative estimate of drug-likeness (QED) is 0.269. The Morgan fingerprint density at radius 2 is 1.97 bits per heavy atom. The maximum absolute atomic E-state index is 13.2. The Labute approximate surface area is 166 Å². The highest BCUT2D eigenvalue weighted by atomic mass is 32.2. The molecule has 0 spiro atoms. The van der Waals surface area contributed by atoms with Crippen molar-refractivity contribution in [2.45, 2.75) is 37.3 Å². The van der Waals surface area contributed by atoms with Crippen LogP contribution in [0.15, 0.2) is 6.07 Å². The number of methoxy groups -OCH3 is 1. The number of ether oxygens (including phenoxy) is 2. The highest BCUT2D eigenvalue weighted by molar-refractivity contribution is 7.87. The van der Waals surface area contributed by atoms with E-state index in [-0.39, 0.29) is 31.6 Å². The first kappa shape index (κ1) is 24.2. The van der Waals surface area contributed by atoms with E-state index in [9.17, 15) is 39.6 Å². The van der Waals surface area contributed by atoms with Gasteiger partial charge < -0.3 is 14.4 Å². The molecule has 1 aromatic heterocycles. The zero-order valence-electron chi connectivity index (χ0n) is 15.5. The Morgan fingerprint density at radius 3 is 2.47 bits per heavy atom. The van der Waals surface area contributed by atoms with Gasteiger partial charge in [-0.15, -0.1) is 0 Å². The summed E-state index contributed by atoms with van der Waals surface area (Å²) in [5.74, 6) is -1.10. The molecule has 16 heteroatoms. The van der Waals surface area contributed by atoms with Crippen molar-refractivity contribution in [3.63, 3.8) is 0 Å². The summed E-state index contributed by atoms with van der Waals surface area (Å²) in [7, 11) is -5.63. The second kappa shape index (κ2) is 8.58. The standard InChI is InChI=1S/C14H17F6N3O6S/c1-8-7-28-4-3-22(8)11-5-9(12(24)27-2)23(21-11)6-10(13(15,16)17)29-30(25,26)14(18,19)20/h5,8,10H,3-4,6-7H2,1-2H3/t8-,10?/m1/s1. The monoisotopic (exact) mass is 469 g/mol. The van der Waals surface area contributed by atoms with Crippen LogP contribution in [0.2, 0.25) is 0 Å². The van der Waals surface area contributed by atoms with Crippen LogP contribution in [0, 0.1) is 0 Å². The van der Waals surface area contributed by atoms with Crippen LogP contribution in [0.5, 0.6) is 0 Å². The van der Waals surface area contributed by atoms with E-state index in [1.807, 2.05) is 0 Å². The third-order valence-corrected chi connectivity index (χ3v) is 5.11. The first-order chi connectivity index (χ1) is 13.7. The van der Waals surface area contributed by atoms with Gasteiger partial charge in [-0.1, -0.05) is 0 Å². The molecule has 1 aromatic rings. The van der Waals surface area contributed by atoms with E-state index in [1.54, 1.807) is 11.8 Å². The second-order valence-corrected chi connectivity index (χ2v) is 7.77. The molecule has 1 unspecified atom stereocenters. The van der Waals surface area contributed by atoms with Crippen molar-refractivity contribution >= 4 is 21.9 Å². The van der Waals surface area contributed by atoms with E-state index in [4.69, 9.17) is 4.74 Å². The molecule has 0 N–H and O–H groups in total. The van der Waals surface area contributed by atoms with Crippen molar-refractivity contribution in [2.24, 2.45) is 0 Å². The lowest BCUT2D eigenvalue weighted by Crippen LogP contribution is -2.44. The minimum absolute atomic E-state index is 0.0332. The van der Waals surface area contributed by atoms with Gasteiger partial charge in [0, 0.05) is 12.6 Å². The van der Waals surface area contributed by atoms with Crippen LogP contribution >= 0.6 is 0 Å². The summed E-state index contributed by atoms with van der Waals surface area (Å²) in [6.07, 6.45) is -8.98. The van der Waals surface area contributed by atoms with Crippen LogP contribution in [0.4, 0.5) is 32.2 Å². The summed E-state index contributed by atoms with van der Waals surface area (Å²) in [4.78, 5) is 13.5. The molecule has 0 saturated carbocycles. The molecule has 0 aromatic carbocycles. The predicted molar refractivity (Wildman–Crippen MR) is 87.1 cm³/mol. The number of nitrogens with zero attached hydrogens (tertiary/aromatic N) is 3. The van der Waals surface area contributed by atoms with Crippen molar-refractivity contribution < 1.29 is 53.2 Å². The average molecular weight is 469 g/mol. The minimum Gasteiger partial charge on any atom is -0.464 e. The molecule has 1 aliphatic heterocycles. The number of halogens is 6. The highest BCUT2D eigenvalue weighted by Gasteiger charge is 2.53. The smallest absolute Gasteiger partial charge is 0.464 e. The van der Waals surface area contributed by atoms with Crippen molar-refractivity contribution in [3.05, 3.63) is 11.8 Å². The number of carbonyl (C=O) groups excluding carboxylic acids is 1. The highest BCUT2D eigenvalue weighted by Crippen LogP contribution is 2.32. The number of aromatic nitrogens is 2. The molecule has 0 bridgehead atoms. The van der Waals surface area contributed by atoms with Crippen LogP contribution in [-0.2, 0) is 30.3 Å². The average Bonchev–Trinajstić information content (AvgIpc) is 3.02. The van der Waals surface area contributed by atoms with Crippen molar-refractivity contribution in [2.75, 3.05) is 31.8 Å². The summed E-state index contributed by atoms with van der Waals surface area (Å²) < 4.78 is 113. The van der Waals surface area contributed by atoms with Crippen LogP contribution in [0.3, 0.4) is 0 Å². The SMILES string of the molecule is COC(=O)c1cc(N2CCOC[C@H]2C)nn1CC(OS(=O)(=O)C(F)(F)F)C(F)(F)F. The van der Waals surface area contributed by atoms with E-state index in [0.717, 1.165) is 13.2 Å². The number of hydrogen-bond acceptors (Lipinski definition) is 8. The van der Waals surface area contributed by atoms with Gasteiger partial charge in [-0.3, -0.25) is 4.68 Å². The first-order valence-electron chi connectivity index (χ1n) is 8.24. The molecular formula is C14H17F6N3O6S. The van der Waals surface area contributed by atoms with Crippen LogP contribution < -0.4 is 4.90 Å². The number of hydrogen-bond donors (Lipinski definition) is 0. The minimum atomic E-state index is -6.57. The summed E-state index contributed by atoms with van der Waals surface area (Å²) in [5, 5.41) is 3.83. The zero-order valence-corrected chi connectivity index (χ0v) is 16.3. The molecular weight excluding hydrogens is 452 g/mol. The van der Waals surface area contributed by atoms with Crippen LogP contribution in [0.1, 0.15) is 17.4 Å². The molecule has 2 atom stereocenters. The Hall–Kier alpha value is -2.07. The van der Waals surface area contributed by atoms with Crippen LogP contribution in [0.25, 0.3) is 0 Å². The Morgan fingerprint density at radius 1 is 1.33 bits per heavy atom. The number of carbonyl (C=O) groups is 1. The van der Waals surface area contributed by atoms with Crippen molar-refractivity contribution in [3.8, 4) is 0 Å². The zero-order chi connectivity index (χ0) is 22.9. The molecule has 1 aliphatic rings. The lowest BCUT2D eigenvalue weighted by Gasteiger charge is -2.33. The van der Waals surface area contributed by atoms with Gasteiger partial charge in [-0.25, -0.2) is 8.98 Å². The van der Waals surface area contributed by atoms with E-state index in [2.05, 4.69) is 14.0 Å². The molecule has 9 nitrogen and oxygen atoms in total. The molecule has 1 fully saturated rings. The summed E-state index contributed by atoms with van der Waals surface area (Å²) in [6, 6.07) is 0.812. The second-order valence-electron chi connectivity index (χ2n) is 6.21. The summed E-state index contributed by atoms with van der Waals surface area (Å²) in [5.41, 5.74) is -6.60. The molecule has 172 valence electrons. The third kappa shape index (κ3) is 5.34. The summed E-state index contributed by atoms with van der Waals surface area (Å²) >= 11 is 0. The largest absolute Gasteiger partial charge is 0.523 e. The Balaban J connectivity index is 2.42. The van der Waals surface area contributed by atoms with Gasteiger partial charge in [0.25, 0.3) is 0 Å². The van der Waals surface area contributed by atoms with Crippen molar-refractivity contribution in [1.82, 2.24) is 9.78 Å². The summed E-state index contributed by atoms with van der Waals surface area (Å²) in [6.45, 7) is 0.983. The number of alkyl halides is 6. The van der Waals surface area contributed by atoms with Gasteiger partial charge in [0.05, 0.1) is 32.9 Å². The van der Waals surface area contributed by atoms with E-state index >= 15 is 0 Å². The van der Waals surface area contributed by atoms with Crippen molar-refractivity contribution in [1.29, 1.82) is 0 Å². The maximum atomic E-state index is 13.2. The van der Waals surface area contributed by atoms with Gasteiger partial charge in [0.15, 0.2) is 11.9 Å². The molecule has 0 aliphatic carbocycles. The first-order valence-corrected chi connectivity index (χ1v) is 9.65. The Bertz CT molecular complexity index is 868. The lowest BCUT2D eigenvalue weighted by molar-refractivity contribution is -0.201. The molecule has 0 radical (unpaired) electrons. The maximum Gasteiger partial charge on any atom is 0.523 e. The molecule has 2 rings (SSSR count). The van der Waals surface area contributed by atoms with Gasteiger partial charge in [0.2, 0.25) is 0 Å². The number of morpholine rings is 1. The number of esters is 1. The van der Waals surface area contributed by atoms with E-state index < -0.39 is 46.1 Å². The van der Waals surface area contributed by atoms with Gasteiger partial charge in [-0.05, 0) is 6.92 Å².